The highest BCUT2D eigenvalue weighted by atomic mass is 15.5. The Morgan fingerprint density at radius 1 is 0.386 bits per heavy atom. The van der Waals surface area contributed by atoms with Crippen LogP contribution in [-0.2, 0) is 0 Å². The minimum atomic E-state index is 0.883. The number of rotatable bonds is 2. The molecule has 2 heterocycles. The summed E-state index contributed by atoms with van der Waals surface area (Å²) in [4.78, 5) is 1.75. The van der Waals surface area contributed by atoms with E-state index in [2.05, 4.69) is 120 Å². The van der Waals surface area contributed by atoms with Crippen molar-refractivity contribution in [3.05, 3.63) is 146 Å². The van der Waals surface area contributed by atoms with Gasteiger partial charge >= 0.3 is 0 Å². The van der Waals surface area contributed by atoms with Gasteiger partial charge in [0.2, 0.25) is 0 Å². The van der Waals surface area contributed by atoms with Crippen LogP contribution in [0.25, 0.3) is 87.3 Å². The summed E-state index contributed by atoms with van der Waals surface area (Å²) in [5.74, 6) is 0. The predicted octanol–water partition coefficient (Wildman–Crippen LogP) is 10.1. The van der Waals surface area contributed by atoms with Crippen molar-refractivity contribution in [3.63, 3.8) is 0 Å². The summed E-state index contributed by atoms with van der Waals surface area (Å²) in [7, 11) is 0. The molecule has 0 aliphatic carbocycles. The number of hydrogen-bond donors (Lipinski definition) is 0. The first-order valence-corrected chi connectivity index (χ1v) is 14.9. The average molecular weight is 561 g/mol. The highest BCUT2D eigenvalue weighted by Gasteiger charge is 2.18. The molecule has 2 aromatic heterocycles. The lowest BCUT2D eigenvalue weighted by atomic mass is 10.00. The molecule has 0 saturated carbocycles. The van der Waals surface area contributed by atoms with Crippen molar-refractivity contribution >= 4 is 75.9 Å². The molecular weight excluding hydrogens is 536 g/mol. The van der Waals surface area contributed by atoms with Crippen LogP contribution in [0.1, 0.15) is 0 Å². The molecule has 4 nitrogen and oxygen atoms in total. The summed E-state index contributed by atoms with van der Waals surface area (Å²) in [6.07, 6.45) is 0. The molecule has 204 valence electrons. The van der Waals surface area contributed by atoms with E-state index < -0.39 is 0 Å². The van der Waals surface area contributed by atoms with Crippen LogP contribution >= 0.6 is 0 Å². The lowest BCUT2D eigenvalue weighted by Gasteiger charge is -2.11. The standard InChI is InChI=1S/C40H24N4/c1-2-10-29(11-3-1)44-41-34-21-17-28-15-14-27-16-20-30(24-33(27)37(28)40(34)42-44)43-35-22-18-25-8-4-6-12-31(25)38(35)39-32-13-7-5-9-26(32)19-23-36(39)43/h1-24H. The minimum absolute atomic E-state index is 0.883. The molecule has 0 unspecified atom stereocenters. The molecule has 0 radical (unpaired) electrons. The van der Waals surface area contributed by atoms with Gasteiger partial charge in [-0.05, 0) is 80.2 Å². The zero-order valence-corrected chi connectivity index (χ0v) is 23.6. The second-order valence-corrected chi connectivity index (χ2v) is 11.5. The average Bonchev–Trinajstić information content (AvgIpc) is 3.68. The number of hydrogen-bond acceptors (Lipinski definition) is 2. The van der Waals surface area contributed by atoms with E-state index in [1.807, 2.05) is 30.3 Å². The Labute approximate surface area is 252 Å². The van der Waals surface area contributed by atoms with Crippen LogP contribution < -0.4 is 0 Å². The van der Waals surface area contributed by atoms with Gasteiger partial charge in [0.05, 0.1) is 16.7 Å². The Kier molecular flexibility index (Phi) is 4.69. The Morgan fingerprint density at radius 3 is 1.68 bits per heavy atom. The quantitative estimate of drug-likeness (QED) is 0.197. The first-order valence-electron chi connectivity index (χ1n) is 14.9. The Balaban J connectivity index is 1.33. The zero-order chi connectivity index (χ0) is 28.8. The molecule has 8 aromatic carbocycles. The summed E-state index contributed by atoms with van der Waals surface area (Å²) in [6, 6.07) is 52.1. The molecule has 0 aliphatic heterocycles. The van der Waals surface area contributed by atoms with Gasteiger partial charge in [0.25, 0.3) is 0 Å². The van der Waals surface area contributed by atoms with Crippen LogP contribution in [0.15, 0.2) is 146 Å². The topological polar surface area (TPSA) is 35.6 Å². The molecular formula is C40H24N4. The number of fused-ring (bicyclic) bond motifs is 12. The lowest BCUT2D eigenvalue weighted by molar-refractivity contribution is 0.766. The first kappa shape index (κ1) is 23.6. The molecule has 0 aliphatic rings. The molecule has 10 rings (SSSR count). The molecule has 0 N–H and O–H groups in total. The summed E-state index contributed by atoms with van der Waals surface area (Å²) in [6.45, 7) is 0. The minimum Gasteiger partial charge on any atom is -0.309 e. The summed E-state index contributed by atoms with van der Waals surface area (Å²) >= 11 is 0. The van der Waals surface area contributed by atoms with Crippen LogP contribution in [0, 0.1) is 0 Å². The fraction of sp³-hybridized carbons (Fsp3) is 0. The van der Waals surface area contributed by atoms with Crippen molar-refractivity contribution in [3.8, 4) is 11.4 Å². The summed E-state index contributed by atoms with van der Waals surface area (Å²) in [5.41, 5.74) is 6.28. The van der Waals surface area contributed by atoms with Crippen molar-refractivity contribution in [2.24, 2.45) is 0 Å². The molecule has 0 spiro atoms. The van der Waals surface area contributed by atoms with Gasteiger partial charge in [0.1, 0.15) is 11.0 Å². The van der Waals surface area contributed by atoms with Crippen molar-refractivity contribution in [1.29, 1.82) is 0 Å². The van der Waals surface area contributed by atoms with Crippen LogP contribution in [0.4, 0.5) is 0 Å². The van der Waals surface area contributed by atoms with Gasteiger partial charge in [-0.25, -0.2) is 0 Å². The Morgan fingerprint density at radius 2 is 0.955 bits per heavy atom. The van der Waals surface area contributed by atoms with Gasteiger partial charge in [-0.2, -0.15) is 4.80 Å². The van der Waals surface area contributed by atoms with Crippen LogP contribution in [0.2, 0.25) is 0 Å². The number of aromatic nitrogens is 4. The first-order chi connectivity index (χ1) is 21.8. The smallest absolute Gasteiger partial charge is 0.122 e. The van der Waals surface area contributed by atoms with Crippen LogP contribution in [-0.4, -0.2) is 19.6 Å². The van der Waals surface area contributed by atoms with Crippen molar-refractivity contribution in [1.82, 2.24) is 19.6 Å². The van der Waals surface area contributed by atoms with Gasteiger partial charge in [-0.3, -0.25) is 0 Å². The normalized spacial score (nSPS) is 12.1. The third-order valence-corrected chi connectivity index (χ3v) is 9.13. The monoisotopic (exact) mass is 560 g/mol. The van der Waals surface area contributed by atoms with E-state index in [0.717, 1.165) is 33.2 Å². The van der Waals surface area contributed by atoms with E-state index >= 15 is 0 Å². The van der Waals surface area contributed by atoms with Gasteiger partial charge in [-0.1, -0.05) is 103 Å². The Hall–Kier alpha value is -6.00. The largest absolute Gasteiger partial charge is 0.309 e. The van der Waals surface area contributed by atoms with Crippen LogP contribution in [0.3, 0.4) is 0 Å². The second kappa shape index (κ2) is 8.76. The zero-order valence-electron chi connectivity index (χ0n) is 23.6. The molecule has 0 bridgehead atoms. The van der Waals surface area contributed by atoms with Gasteiger partial charge < -0.3 is 4.57 Å². The van der Waals surface area contributed by atoms with E-state index in [1.54, 1.807) is 4.80 Å². The molecule has 0 saturated heterocycles. The molecule has 0 amide bonds. The van der Waals surface area contributed by atoms with E-state index in [9.17, 15) is 0 Å². The van der Waals surface area contributed by atoms with Crippen LogP contribution in [0.5, 0.6) is 0 Å². The van der Waals surface area contributed by atoms with E-state index in [0.29, 0.717) is 0 Å². The molecule has 44 heavy (non-hydrogen) atoms. The van der Waals surface area contributed by atoms with Gasteiger partial charge in [0.15, 0.2) is 0 Å². The van der Waals surface area contributed by atoms with E-state index in [4.69, 9.17) is 10.2 Å². The predicted molar refractivity (Wildman–Crippen MR) is 183 cm³/mol. The van der Waals surface area contributed by atoms with Gasteiger partial charge in [0, 0.05) is 21.8 Å². The highest BCUT2D eigenvalue weighted by Crippen LogP contribution is 2.41. The maximum Gasteiger partial charge on any atom is 0.122 e. The molecule has 4 heteroatoms. The lowest BCUT2D eigenvalue weighted by Crippen LogP contribution is -1.97. The van der Waals surface area contributed by atoms with E-state index in [1.165, 1.54) is 54.1 Å². The fourth-order valence-electron chi connectivity index (χ4n) is 7.15. The number of benzene rings is 8. The van der Waals surface area contributed by atoms with E-state index in [-0.39, 0.29) is 0 Å². The van der Waals surface area contributed by atoms with Crippen molar-refractivity contribution < 1.29 is 0 Å². The summed E-state index contributed by atoms with van der Waals surface area (Å²) in [5, 5.41) is 22.1. The SMILES string of the molecule is c1ccc(-n2nc3ccc4ccc5ccc(-n6c7ccc8ccccc8c7c7c8ccccc8ccc76)cc5c4c3n2)cc1. The maximum atomic E-state index is 5.02. The maximum absolute atomic E-state index is 5.02. The van der Waals surface area contributed by atoms with Gasteiger partial charge in [-0.15, -0.1) is 10.2 Å². The van der Waals surface area contributed by atoms with Crippen molar-refractivity contribution in [2.75, 3.05) is 0 Å². The molecule has 10 aromatic rings. The molecule has 0 atom stereocenters. The fourth-order valence-corrected chi connectivity index (χ4v) is 7.15. The highest BCUT2D eigenvalue weighted by molar-refractivity contribution is 6.28. The third kappa shape index (κ3) is 3.22. The number of nitrogens with zero attached hydrogens (tertiary/aromatic N) is 4. The number of para-hydroxylation sites is 1. The molecule has 0 fully saturated rings. The summed E-state index contributed by atoms with van der Waals surface area (Å²) < 4.78 is 2.43. The third-order valence-electron chi connectivity index (χ3n) is 9.13. The second-order valence-electron chi connectivity index (χ2n) is 11.5. The Bertz CT molecular complexity index is 2680. The van der Waals surface area contributed by atoms with Crippen molar-refractivity contribution in [2.45, 2.75) is 0 Å².